The first-order valence-electron chi connectivity index (χ1n) is 8.14. The zero-order valence-corrected chi connectivity index (χ0v) is 15.6. The van der Waals surface area contributed by atoms with Crippen LogP contribution in [0.3, 0.4) is 0 Å². The number of methoxy groups -OCH3 is 2. The van der Waals surface area contributed by atoms with E-state index in [1.165, 1.54) is 0 Å². The minimum Gasteiger partial charge on any atom is -0.493 e. The van der Waals surface area contributed by atoms with Gasteiger partial charge in [-0.2, -0.15) is 0 Å². The number of pyridine rings is 1. The molecule has 0 unspecified atom stereocenters. The first-order chi connectivity index (χ1) is 11.1. The Morgan fingerprint density at radius 2 is 1.58 bits per heavy atom. The number of rotatable bonds is 4. The average Bonchev–Trinajstić information content (AvgIpc) is 2.60. The molecule has 2 heterocycles. The van der Waals surface area contributed by atoms with Crippen LogP contribution in [-0.4, -0.2) is 56.3 Å². The highest BCUT2D eigenvalue weighted by Gasteiger charge is 2.20. The molecule has 3 rings (SSSR count). The lowest BCUT2D eigenvalue weighted by atomic mass is 10.2. The van der Waals surface area contributed by atoms with Gasteiger partial charge < -0.3 is 14.4 Å². The summed E-state index contributed by atoms with van der Waals surface area (Å²) in [5.41, 5.74) is 0.937. The molecular weight excluding hydrogens is 326 g/mol. The summed E-state index contributed by atoms with van der Waals surface area (Å²) in [5, 5.41) is 1.06. The number of piperazine rings is 1. The molecule has 5 nitrogen and oxygen atoms in total. The van der Waals surface area contributed by atoms with E-state index in [1.807, 2.05) is 12.1 Å². The van der Waals surface area contributed by atoms with Crippen LogP contribution in [0.4, 0.5) is 5.82 Å². The number of anilines is 1. The maximum atomic E-state index is 5.38. The van der Waals surface area contributed by atoms with Crippen LogP contribution in [0, 0.1) is 0 Å². The molecule has 1 aliphatic heterocycles. The molecule has 0 N–H and O–H groups in total. The molecule has 24 heavy (non-hydrogen) atoms. The predicted molar refractivity (Wildman–Crippen MR) is 101 cm³/mol. The van der Waals surface area contributed by atoms with Gasteiger partial charge in [0.1, 0.15) is 5.82 Å². The predicted octanol–water partition coefficient (Wildman–Crippen LogP) is 3.20. The van der Waals surface area contributed by atoms with Crippen LogP contribution >= 0.6 is 12.4 Å². The number of hydrogen-bond donors (Lipinski definition) is 0. The largest absolute Gasteiger partial charge is 0.493 e. The second-order valence-electron chi connectivity index (χ2n) is 6.19. The van der Waals surface area contributed by atoms with E-state index in [9.17, 15) is 0 Å². The van der Waals surface area contributed by atoms with E-state index in [2.05, 4.69) is 35.8 Å². The van der Waals surface area contributed by atoms with Gasteiger partial charge in [0, 0.05) is 43.7 Å². The van der Waals surface area contributed by atoms with E-state index in [0.717, 1.165) is 48.6 Å². The summed E-state index contributed by atoms with van der Waals surface area (Å²) < 4.78 is 10.7. The van der Waals surface area contributed by atoms with Crippen LogP contribution in [0.5, 0.6) is 11.5 Å². The Morgan fingerprint density at radius 1 is 0.958 bits per heavy atom. The summed E-state index contributed by atoms with van der Waals surface area (Å²) in [4.78, 5) is 9.69. The molecule has 0 bridgehead atoms. The molecule has 0 saturated carbocycles. The normalized spacial score (nSPS) is 15.5. The fraction of sp³-hybridized carbons (Fsp3) is 0.500. The number of aromatic nitrogens is 1. The van der Waals surface area contributed by atoms with Crippen LogP contribution in [0.15, 0.2) is 24.3 Å². The maximum absolute atomic E-state index is 5.38. The molecule has 0 spiro atoms. The van der Waals surface area contributed by atoms with Gasteiger partial charge in [0.05, 0.1) is 19.7 Å². The molecule has 1 fully saturated rings. The van der Waals surface area contributed by atoms with Gasteiger partial charge >= 0.3 is 0 Å². The third-order valence-electron chi connectivity index (χ3n) is 4.55. The molecular formula is C18H26ClN3O2. The highest BCUT2D eigenvalue weighted by atomic mass is 35.5. The fourth-order valence-electron chi connectivity index (χ4n) is 3.08. The third kappa shape index (κ3) is 3.68. The van der Waals surface area contributed by atoms with Crippen molar-refractivity contribution >= 4 is 29.1 Å². The summed E-state index contributed by atoms with van der Waals surface area (Å²) in [6.45, 7) is 8.72. The third-order valence-corrected chi connectivity index (χ3v) is 4.55. The van der Waals surface area contributed by atoms with E-state index >= 15 is 0 Å². The van der Waals surface area contributed by atoms with Gasteiger partial charge in [0.15, 0.2) is 11.5 Å². The Morgan fingerprint density at radius 3 is 2.17 bits per heavy atom. The van der Waals surface area contributed by atoms with Crippen molar-refractivity contribution in [3.8, 4) is 11.5 Å². The van der Waals surface area contributed by atoms with Crippen LogP contribution in [0.25, 0.3) is 10.9 Å². The van der Waals surface area contributed by atoms with Crippen molar-refractivity contribution in [2.24, 2.45) is 0 Å². The Kier molecular flexibility index (Phi) is 6.13. The lowest BCUT2D eigenvalue weighted by Gasteiger charge is -2.37. The van der Waals surface area contributed by atoms with Gasteiger partial charge in [0.2, 0.25) is 0 Å². The summed E-state index contributed by atoms with van der Waals surface area (Å²) in [6.07, 6.45) is 0. The number of ether oxygens (including phenoxy) is 2. The topological polar surface area (TPSA) is 37.8 Å². The number of halogens is 1. The lowest BCUT2D eigenvalue weighted by molar-refractivity contribution is 0.209. The monoisotopic (exact) mass is 351 g/mol. The standard InChI is InChI=1S/C18H25N3O2.ClH/c1-13(2)20-7-9-21(10-8-20)18-6-5-14-11-16(22-3)17(23-4)12-15(14)19-18;/h5-6,11-13H,7-10H2,1-4H3;1H. The summed E-state index contributed by atoms with van der Waals surface area (Å²) in [7, 11) is 3.30. The molecule has 1 aromatic carbocycles. The Bertz CT molecular complexity index is 685. The molecule has 6 heteroatoms. The van der Waals surface area contributed by atoms with Crippen LogP contribution in [-0.2, 0) is 0 Å². The minimum atomic E-state index is 0. The average molecular weight is 352 g/mol. The molecule has 1 aliphatic rings. The number of benzene rings is 1. The molecule has 2 aromatic rings. The Balaban J connectivity index is 0.00000208. The summed E-state index contributed by atoms with van der Waals surface area (Å²) >= 11 is 0. The van der Waals surface area contributed by atoms with Gasteiger partial charge in [0.25, 0.3) is 0 Å². The molecule has 0 atom stereocenters. The number of hydrogen-bond acceptors (Lipinski definition) is 5. The van der Waals surface area contributed by atoms with Crippen molar-refractivity contribution < 1.29 is 9.47 Å². The number of nitrogens with zero attached hydrogens (tertiary/aromatic N) is 3. The Hall–Kier alpha value is -1.72. The van der Waals surface area contributed by atoms with E-state index < -0.39 is 0 Å². The van der Waals surface area contributed by atoms with Gasteiger partial charge in [-0.3, -0.25) is 4.90 Å². The Labute approximate surface area is 150 Å². The SMILES string of the molecule is COc1cc2ccc(N3CCN(C(C)C)CC3)nc2cc1OC.Cl. The molecule has 0 aliphatic carbocycles. The van der Waals surface area contributed by atoms with Crippen molar-refractivity contribution in [3.63, 3.8) is 0 Å². The molecule has 1 saturated heterocycles. The van der Waals surface area contributed by atoms with Crippen LogP contribution in [0.2, 0.25) is 0 Å². The fourth-order valence-corrected chi connectivity index (χ4v) is 3.08. The summed E-state index contributed by atoms with van der Waals surface area (Å²) in [5.74, 6) is 2.49. The zero-order valence-electron chi connectivity index (χ0n) is 14.8. The smallest absolute Gasteiger partial charge is 0.162 e. The van der Waals surface area contributed by atoms with Crippen LogP contribution < -0.4 is 14.4 Å². The van der Waals surface area contributed by atoms with Gasteiger partial charge in [-0.05, 0) is 32.0 Å². The number of fused-ring (bicyclic) bond motifs is 1. The molecule has 0 radical (unpaired) electrons. The lowest BCUT2D eigenvalue weighted by Crippen LogP contribution is -2.49. The molecule has 132 valence electrons. The van der Waals surface area contributed by atoms with Crippen molar-refractivity contribution in [3.05, 3.63) is 24.3 Å². The van der Waals surface area contributed by atoms with E-state index in [0.29, 0.717) is 11.8 Å². The van der Waals surface area contributed by atoms with Crippen molar-refractivity contribution in [1.82, 2.24) is 9.88 Å². The minimum absolute atomic E-state index is 0. The summed E-state index contributed by atoms with van der Waals surface area (Å²) in [6, 6.07) is 8.73. The first-order valence-corrected chi connectivity index (χ1v) is 8.14. The van der Waals surface area contributed by atoms with E-state index in [1.54, 1.807) is 14.2 Å². The highest BCUT2D eigenvalue weighted by molar-refractivity contribution is 5.85. The molecule has 0 amide bonds. The van der Waals surface area contributed by atoms with Crippen LogP contribution in [0.1, 0.15) is 13.8 Å². The maximum Gasteiger partial charge on any atom is 0.162 e. The van der Waals surface area contributed by atoms with Crippen molar-refractivity contribution in [1.29, 1.82) is 0 Å². The quantitative estimate of drug-likeness (QED) is 0.845. The second kappa shape index (κ2) is 7.90. The van der Waals surface area contributed by atoms with E-state index in [-0.39, 0.29) is 12.4 Å². The van der Waals surface area contributed by atoms with Crippen molar-refractivity contribution in [2.45, 2.75) is 19.9 Å². The van der Waals surface area contributed by atoms with Gasteiger partial charge in [-0.1, -0.05) is 0 Å². The molecule has 1 aromatic heterocycles. The zero-order chi connectivity index (χ0) is 16.4. The first kappa shape index (κ1) is 18.6. The van der Waals surface area contributed by atoms with Crippen molar-refractivity contribution in [2.75, 3.05) is 45.3 Å². The van der Waals surface area contributed by atoms with E-state index in [4.69, 9.17) is 14.5 Å². The van der Waals surface area contributed by atoms with Gasteiger partial charge in [-0.25, -0.2) is 4.98 Å². The second-order valence-corrected chi connectivity index (χ2v) is 6.19. The van der Waals surface area contributed by atoms with Gasteiger partial charge in [-0.15, -0.1) is 12.4 Å². The highest BCUT2D eigenvalue weighted by Crippen LogP contribution is 2.32.